The van der Waals surface area contributed by atoms with Gasteiger partial charge in [0.25, 0.3) is 0 Å². The lowest BCUT2D eigenvalue weighted by Gasteiger charge is -2.11. The molecule has 0 bridgehead atoms. The summed E-state index contributed by atoms with van der Waals surface area (Å²) in [5.41, 5.74) is -1.19. The lowest BCUT2D eigenvalue weighted by atomic mass is 10.2. The predicted molar refractivity (Wildman–Crippen MR) is 44.8 cm³/mol. The monoisotopic (exact) mass is 180 g/mol. The molecule has 0 aromatic rings. The van der Waals surface area contributed by atoms with Gasteiger partial charge in [0.2, 0.25) is 0 Å². The quantitative estimate of drug-likeness (QED) is 0.657. The van der Waals surface area contributed by atoms with Crippen LogP contribution in [-0.4, -0.2) is 28.3 Å². The van der Waals surface area contributed by atoms with Gasteiger partial charge in [-0.15, -0.1) is 0 Å². The average Bonchev–Trinajstić information content (AvgIpc) is 1.78. The van der Waals surface area contributed by atoms with Crippen LogP contribution in [0, 0.1) is 0 Å². The minimum absolute atomic E-state index is 0.112. The molecule has 0 heterocycles. The van der Waals surface area contributed by atoms with Crippen molar-refractivity contribution in [2.45, 2.75) is 25.9 Å². The lowest BCUT2D eigenvalue weighted by Crippen LogP contribution is -2.15. The first-order valence-corrected chi connectivity index (χ1v) is 4.56. The standard InChI is InChI=1S/C7H13FO2S/c1-7(2,8)5-11-4-3-6(9)10/h3-5H2,1-2H3,(H,9,10). The molecule has 0 aromatic carbocycles. The minimum Gasteiger partial charge on any atom is -0.481 e. The van der Waals surface area contributed by atoms with E-state index in [1.807, 2.05) is 0 Å². The van der Waals surface area contributed by atoms with Crippen LogP contribution < -0.4 is 0 Å². The van der Waals surface area contributed by atoms with Gasteiger partial charge in [0.05, 0.1) is 6.42 Å². The SMILES string of the molecule is CC(C)(F)CSCCC(=O)O. The van der Waals surface area contributed by atoms with E-state index in [1.54, 1.807) is 0 Å². The molecular weight excluding hydrogens is 167 g/mol. The largest absolute Gasteiger partial charge is 0.481 e. The number of hydrogen-bond donors (Lipinski definition) is 1. The highest BCUT2D eigenvalue weighted by molar-refractivity contribution is 7.99. The van der Waals surface area contributed by atoms with Gasteiger partial charge in [0.1, 0.15) is 5.67 Å². The Labute approximate surface area is 70.2 Å². The third-order valence-corrected chi connectivity index (χ3v) is 2.29. The smallest absolute Gasteiger partial charge is 0.304 e. The van der Waals surface area contributed by atoms with Crippen molar-refractivity contribution in [2.75, 3.05) is 11.5 Å². The molecule has 4 heteroatoms. The second-order valence-electron chi connectivity index (χ2n) is 2.92. The molecule has 0 aliphatic heterocycles. The van der Waals surface area contributed by atoms with Gasteiger partial charge >= 0.3 is 5.97 Å². The topological polar surface area (TPSA) is 37.3 Å². The Morgan fingerprint density at radius 1 is 1.64 bits per heavy atom. The highest BCUT2D eigenvalue weighted by atomic mass is 32.2. The Bertz CT molecular complexity index is 131. The van der Waals surface area contributed by atoms with E-state index in [-0.39, 0.29) is 6.42 Å². The van der Waals surface area contributed by atoms with Crippen molar-refractivity contribution in [1.82, 2.24) is 0 Å². The third kappa shape index (κ3) is 9.75. The molecule has 0 spiro atoms. The second-order valence-corrected chi connectivity index (χ2v) is 4.02. The Morgan fingerprint density at radius 2 is 2.18 bits per heavy atom. The molecule has 0 aromatic heterocycles. The van der Waals surface area contributed by atoms with E-state index < -0.39 is 11.6 Å². The van der Waals surface area contributed by atoms with Crippen molar-refractivity contribution in [3.63, 3.8) is 0 Å². The Balaban J connectivity index is 3.22. The zero-order valence-corrected chi connectivity index (χ0v) is 7.58. The van der Waals surface area contributed by atoms with Crippen molar-refractivity contribution >= 4 is 17.7 Å². The molecule has 1 N–H and O–H groups in total. The maximum Gasteiger partial charge on any atom is 0.304 e. The van der Waals surface area contributed by atoms with Crippen molar-refractivity contribution in [2.24, 2.45) is 0 Å². The van der Waals surface area contributed by atoms with Gasteiger partial charge in [-0.2, -0.15) is 11.8 Å². The van der Waals surface area contributed by atoms with Crippen LogP contribution in [-0.2, 0) is 4.79 Å². The van der Waals surface area contributed by atoms with E-state index in [1.165, 1.54) is 25.6 Å². The van der Waals surface area contributed by atoms with Crippen LogP contribution in [0.1, 0.15) is 20.3 Å². The number of aliphatic carboxylic acids is 1. The molecule has 66 valence electrons. The predicted octanol–water partition coefficient (Wildman–Crippen LogP) is 1.94. The average molecular weight is 180 g/mol. The fourth-order valence-corrected chi connectivity index (χ4v) is 1.42. The van der Waals surface area contributed by atoms with Crippen molar-refractivity contribution in [3.8, 4) is 0 Å². The van der Waals surface area contributed by atoms with E-state index in [0.717, 1.165) is 0 Å². The number of thioether (sulfide) groups is 1. The summed E-state index contributed by atoms with van der Waals surface area (Å²) >= 11 is 1.33. The molecule has 0 unspecified atom stereocenters. The molecule has 0 amide bonds. The Morgan fingerprint density at radius 3 is 2.55 bits per heavy atom. The first-order chi connectivity index (χ1) is 4.92. The van der Waals surface area contributed by atoms with Gasteiger partial charge < -0.3 is 5.11 Å². The van der Waals surface area contributed by atoms with Crippen LogP contribution >= 0.6 is 11.8 Å². The van der Waals surface area contributed by atoms with E-state index in [2.05, 4.69) is 0 Å². The maximum absolute atomic E-state index is 12.7. The van der Waals surface area contributed by atoms with Gasteiger partial charge in [0, 0.05) is 11.5 Å². The van der Waals surface area contributed by atoms with Gasteiger partial charge in [-0.3, -0.25) is 4.79 Å². The zero-order chi connectivity index (χ0) is 8.91. The number of rotatable bonds is 5. The Hall–Kier alpha value is -0.250. The fourth-order valence-electron chi connectivity index (χ4n) is 0.474. The number of carboxylic acids is 1. The molecule has 0 radical (unpaired) electrons. The number of carboxylic acid groups (broad SMARTS) is 1. The van der Waals surface area contributed by atoms with E-state index in [0.29, 0.717) is 11.5 Å². The van der Waals surface area contributed by atoms with E-state index >= 15 is 0 Å². The number of alkyl halides is 1. The molecule has 0 aliphatic rings. The molecule has 2 nitrogen and oxygen atoms in total. The number of carbonyl (C=O) groups is 1. The van der Waals surface area contributed by atoms with Gasteiger partial charge in [-0.05, 0) is 13.8 Å². The molecular formula is C7H13FO2S. The molecule has 0 fully saturated rings. The van der Waals surface area contributed by atoms with Crippen LogP contribution in [0.15, 0.2) is 0 Å². The Kier molecular flexibility index (Phi) is 4.49. The summed E-state index contributed by atoms with van der Waals surface area (Å²) < 4.78 is 12.7. The number of hydrogen-bond acceptors (Lipinski definition) is 2. The molecule has 0 rings (SSSR count). The maximum atomic E-state index is 12.7. The second kappa shape index (κ2) is 4.59. The van der Waals surface area contributed by atoms with Crippen LogP contribution in [0.2, 0.25) is 0 Å². The molecule has 0 aliphatic carbocycles. The van der Waals surface area contributed by atoms with Crippen LogP contribution in [0.25, 0.3) is 0 Å². The summed E-state index contributed by atoms with van der Waals surface area (Å²) in [6.07, 6.45) is 0.112. The van der Waals surface area contributed by atoms with Crippen LogP contribution in [0.4, 0.5) is 4.39 Å². The summed E-state index contributed by atoms with van der Waals surface area (Å²) in [5, 5.41) is 8.24. The normalized spacial score (nSPS) is 11.5. The number of halogens is 1. The van der Waals surface area contributed by atoms with Crippen molar-refractivity contribution < 1.29 is 14.3 Å². The van der Waals surface area contributed by atoms with Gasteiger partial charge in [0.15, 0.2) is 0 Å². The van der Waals surface area contributed by atoms with E-state index in [4.69, 9.17) is 5.11 Å². The summed E-state index contributed by atoms with van der Waals surface area (Å²) in [5.74, 6) is 0.0253. The van der Waals surface area contributed by atoms with E-state index in [9.17, 15) is 9.18 Å². The molecule has 11 heavy (non-hydrogen) atoms. The van der Waals surface area contributed by atoms with Crippen LogP contribution in [0.5, 0.6) is 0 Å². The summed E-state index contributed by atoms with van der Waals surface area (Å²) in [6, 6.07) is 0. The van der Waals surface area contributed by atoms with Crippen molar-refractivity contribution in [3.05, 3.63) is 0 Å². The first-order valence-electron chi connectivity index (χ1n) is 3.40. The summed E-state index contributed by atoms with van der Waals surface area (Å²) in [4.78, 5) is 10.0. The molecule has 0 atom stereocenters. The molecule has 0 saturated carbocycles. The van der Waals surface area contributed by atoms with Crippen molar-refractivity contribution in [1.29, 1.82) is 0 Å². The minimum atomic E-state index is -1.19. The molecule has 0 saturated heterocycles. The fraction of sp³-hybridized carbons (Fsp3) is 0.857. The summed E-state index contributed by atoms with van der Waals surface area (Å²) in [6.45, 7) is 2.97. The lowest BCUT2D eigenvalue weighted by molar-refractivity contribution is -0.136. The highest BCUT2D eigenvalue weighted by Crippen LogP contribution is 2.16. The van der Waals surface area contributed by atoms with Gasteiger partial charge in [-0.1, -0.05) is 0 Å². The summed E-state index contributed by atoms with van der Waals surface area (Å²) in [7, 11) is 0. The third-order valence-electron chi connectivity index (χ3n) is 0.906. The first kappa shape index (κ1) is 10.8. The van der Waals surface area contributed by atoms with Gasteiger partial charge in [-0.25, -0.2) is 4.39 Å². The highest BCUT2D eigenvalue weighted by Gasteiger charge is 2.14. The zero-order valence-electron chi connectivity index (χ0n) is 6.76. The van der Waals surface area contributed by atoms with Crippen LogP contribution in [0.3, 0.4) is 0 Å².